The molecule has 6 nitrogen and oxygen atoms in total. The van der Waals surface area contributed by atoms with Crippen LogP contribution in [0.5, 0.6) is 0 Å². The molecule has 0 amide bonds. The third-order valence-corrected chi connectivity index (χ3v) is 2.86. The van der Waals surface area contributed by atoms with Gasteiger partial charge in [-0.15, -0.1) is 5.10 Å². The van der Waals surface area contributed by atoms with Crippen LogP contribution >= 0.6 is 0 Å². The number of carboxylic acid groups (broad SMARTS) is 1. The fourth-order valence-electron chi connectivity index (χ4n) is 1.80. The van der Waals surface area contributed by atoms with Gasteiger partial charge in [-0.1, -0.05) is 11.3 Å². The van der Waals surface area contributed by atoms with Gasteiger partial charge >= 0.3 is 5.97 Å². The summed E-state index contributed by atoms with van der Waals surface area (Å²) in [5, 5.41) is 16.3. The van der Waals surface area contributed by atoms with E-state index < -0.39 is 5.97 Å². The molecule has 0 radical (unpaired) electrons. The zero-order chi connectivity index (χ0) is 14.0. The second kappa shape index (κ2) is 5.15. The molecule has 0 saturated heterocycles. The van der Waals surface area contributed by atoms with Crippen LogP contribution in [0.2, 0.25) is 0 Å². The number of carbonyl (C=O) groups is 1. The first-order chi connectivity index (χ1) is 9.02. The lowest BCUT2D eigenvalue weighted by atomic mass is 10.1. The molecule has 0 fully saturated rings. The van der Waals surface area contributed by atoms with Gasteiger partial charge in [0, 0.05) is 6.54 Å². The monoisotopic (exact) mass is 264 g/mol. The molecule has 2 rings (SSSR count). The lowest BCUT2D eigenvalue weighted by molar-refractivity contribution is 0.0689. The van der Waals surface area contributed by atoms with Gasteiger partial charge in [0.1, 0.15) is 5.82 Å². The molecule has 1 heterocycles. The van der Waals surface area contributed by atoms with E-state index in [1.54, 1.807) is 6.07 Å². The van der Waals surface area contributed by atoms with E-state index in [-0.39, 0.29) is 24.6 Å². The van der Waals surface area contributed by atoms with Crippen molar-refractivity contribution in [3.8, 4) is 0 Å². The topological polar surface area (TPSA) is 94.0 Å². The smallest absolute Gasteiger partial charge is 0.358 e. The van der Waals surface area contributed by atoms with Crippen molar-refractivity contribution in [1.82, 2.24) is 15.0 Å². The van der Waals surface area contributed by atoms with Gasteiger partial charge in [-0.25, -0.2) is 13.9 Å². The molecule has 0 bridgehead atoms. The SMILES string of the molecule is Cc1ccc(F)cc1Cn1nnc(C(=O)O)c1CN. The Hall–Kier alpha value is -2.28. The molecule has 0 atom stereocenters. The summed E-state index contributed by atoms with van der Waals surface area (Å²) in [6.45, 7) is 2.07. The van der Waals surface area contributed by atoms with Crippen molar-refractivity contribution in [2.75, 3.05) is 0 Å². The summed E-state index contributed by atoms with van der Waals surface area (Å²) in [7, 11) is 0. The Bertz CT molecular complexity index is 624. The Kier molecular flexibility index (Phi) is 3.57. The van der Waals surface area contributed by atoms with Crippen molar-refractivity contribution in [1.29, 1.82) is 0 Å². The number of carboxylic acids is 1. The second-order valence-electron chi connectivity index (χ2n) is 4.12. The third kappa shape index (κ3) is 2.60. The zero-order valence-electron chi connectivity index (χ0n) is 10.3. The molecule has 3 N–H and O–H groups in total. The fraction of sp³-hybridized carbons (Fsp3) is 0.250. The van der Waals surface area contributed by atoms with Crippen molar-refractivity contribution in [3.63, 3.8) is 0 Å². The highest BCUT2D eigenvalue weighted by Crippen LogP contribution is 2.14. The molecule has 0 unspecified atom stereocenters. The molecular formula is C12H13FN4O2. The van der Waals surface area contributed by atoms with Crippen molar-refractivity contribution in [2.45, 2.75) is 20.0 Å². The van der Waals surface area contributed by atoms with E-state index in [9.17, 15) is 9.18 Å². The molecule has 0 aliphatic heterocycles. The molecule has 1 aromatic carbocycles. The summed E-state index contributed by atoms with van der Waals surface area (Å²) >= 11 is 0. The van der Waals surface area contributed by atoms with Gasteiger partial charge in [0.15, 0.2) is 5.69 Å². The van der Waals surface area contributed by atoms with E-state index in [1.807, 2.05) is 6.92 Å². The Morgan fingerprint density at radius 1 is 1.53 bits per heavy atom. The van der Waals surface area contributed by atoms with Crippen molar-refractivity contribution in [2.24, 2.45) is 5.73 Å². The summed E-state index contributed by atoms with van der Waals surface area (Å²) in [5.74, 6) is -1.53. The third-order valence-electron chi connectivity index (χ3n) is 2.86. The number of hydrogen-bond acceptors (Lipinski definition) is 4. The normalized spacial score (nSPS) is 10.7. The van der Waals surface area contributed by atoms with E-state index in [2.05, 4.69) is 10.3 Å². The van der Waals surface area contributed by atoms with Gasteiger partial charge < -0.3 is 10.8 Å². The van der Waals surface area contributed by atoms with Crippen LogP contribution in [0.25, 0.3) is 0 Å². The molecule has 0 spiro atoms. The average Bonchev–Trinajstić information content (AvgIpc) is 2.76. The highest BCUT2D eigenvalue weighted by molar-refractivity contribution is 5.86. The number of aromatic nitrogens is 3. The maximum atomic E-state index is 13.2. The first-order valence-electron chi connectivity index (χ1n) is 5.63. The summed E-state index contributed by atoms with van der Waals surface area (Å²) in [4.78, 5) is 10.9. The molecule has 0 saturated carbocycles. The number of halogens is 1. The summed E-state index contributed by atoms with van der Waals surface area (Å²) in [6, 6.07) is 4.41. The Morgan fingerprint density at radius 3 is 2.89 bits per heavy atom. The van der Waals surface area contributed by atoms with Gasteiger partial charge in [0.25, 0.3) is 0 Å². The van der Waals surface area contributed by atoms with Crippen LogP contribution in [0, 0.1) is 12.7 Å². The summed E-state index contributed by atoms with van der Waals surface area (Å²) < 4.78 is 14.6. The van der Waals surface area contributed by atoms with Crippen LogP contribution in [0.4, 0.5) is 4.39 Å². The standard InChI is InChI=1S/C12H13FN4O2/c1-7-2-3-9(13)4-8(7)6-17-10(5-14)11(12(18)19)15-16-17/h2-4H,5-6,14H2,1H3,(H,18,19). The van der Waals surface area contributed by atoms with Gasteiger partial charge in [-0.05, 0) is 30.2 Å². The van der Waals surface area contributed by atoms with E-state index in [1.165, 1.54) is 16.8 Å². The van der Waals surface area contributed by atoms with E-state index in [0.717, 1.165) is 5.56 Å². The van der Waals surface area contributed by atoms with Gasteiger partial charge in [-0.2, -0.15) is 0 Å². The van der Waals surface area contributed by atoms with Crippen LogP contribution in [-0.2, 0) is 13.1 Å². The molecule has 100 valence electrons. The molecule has 19 heavy (non-hydrogen) atoms. The number of nitrogens with zero attached hydrogens (tertiary/aromatic N) is 3. The van der Waals surface area contributed by atoms with E-state index in [4.69, 9.17) is 10.8 Å². The minimum absolute atomic E-state index is 0.00297. The average molecular weight is 264 g/mol. The van der Waals surface area contributed by atoms with E-state index in [0.29, 0.717) is 11.3 Å². The van der Waals surface area contributed by atoms with Crippen LogP contribution in [0.1, 0.15) is 27.3 Å². The van der Waals surface area contributed by atoms with Gasteiger partial charge in [0.2, 0.25) is 0 Å². The molecule has 0 aliphatic rings. The van der Waals surface area contributed by atoms with Crippen LogP contribution in [0.3, 0.4) is 0 Å². The van der Waals surface area contributed by atoms with Crippen LogP contribution in [0.15, 0.2) is 18.2 Å². The van der Waals surface area contributed by atoms with Gasteiger partial charge in [0.05, 0.1) is 12.2 Å². The van der Waals surface area contributed by atoms with Crippen molar-refractivity contribution in [3.05, 3.63) is 46.5 Å². The quantitative estimate of drug-likeness (QED) is 0.856. The molecule has 7 heteroatoms. The number of aryl methyl sites for hydroxylation is 1. The Balaban J connectivity index is 2.38. The predicted octanol–water partition coefficient (Wildman–Crippen LogP) is 0.931. The Labute approximate surface area is 108 Å². The molecule has 1 aromatic heterocycles. The van der Waals surface area contributed by atoms with Crippen molar-refractivity contribution >= 4 is 5.97 Å². The fourth-order valence-corrected chi connectivity index (χ4v) is 1.80. The summed E-state index contributed by atoms with van der Waals surface area (Å²) in [5.41, 5.74) is 7.25. The lowest BCUT2D eigenvalue weighted by Gasteiger charge is -2.08. The lowest BCUT2D eigenvalue weighted by Crippen LogP contribution is -2.13. The first kappa shape index (κ1) is 13.2. The number of aromatic carboxylic acids is 1. The Morgan fingerprint density at radius 2 is 2.26 bits per heavy atom. The first-order valence-corrected chi connectivity index (χ1v) is 5.63. The maximum absolute atomic E-state index is 13.2. The van der Waals surface area contributed by atoms with Crippen LogP contribution in [-0.4, -0.2) is 26.1 Å². The molecule has 2 aromatic rings. The second-order valence-corrected chi connectivity index (χ2v) is 4.12. The predicted molar refractivity (Wildman–Crippen MR) is 65.1 cm³/mol. The van der Waals surface area contributed by atoms with Gasteiger partial charge in [-0.3, -0.25) is 0 Å². The maximum Gasteiger partial charge on any atom is 0.358 e. The largest absolute Gasteiger partial charge is 0.476 e. The van der Waals surface area contributed by atoms with E-state index >= 15 is 0 Å². The molecule has 0 aliphatic carbocycles. The number of rotatable bonds is 4. The zero-order valence-corrected chi connectivity index (χ0v) is 10.3. The minimum Gasteiger partial charge on any atom is -0.476 e. The van der Waals surface area contributed by atoms with Crippen molar-refractivity contribution < 1.29 is 14.3 Å². The number of benzene rings is 1. The minimum atomic E-state index is -1.18. The van der Waals surface area contributed by atoms with Crippen LogP contribution < -0.4 is 5.73 Å². The number of hydrogen-bond donors (Lipinski definition) is 2. The molecular weight excluding hydrogens is 251 g/mol. The highest BCUT2D eigenvalue weighted by Gasteiger charge is 2.18. The summed E-state index contributed by atoms with van der Waals surface area (Å²) in [6.07, 6.45) is 0. The number of nitrogens with two attached hydrogens (primary N) is 1. The highest BCUT2D eigenvalue weighted by atomic mass is 19.1.